The summed E-state index contributed by atoms with van der Waals surface area (Å²) in [6.07, 6.45) is 3.40. The zero-order chi connectivity index (χ0) is 18.1. The van der Waals surface area contributed by atoms with Crippen LogP contribution in [0.15, 0.2) is 54.2 Å². The van der Waals surface area contributed by atoms with Gasteiger partial charge >= 0.3 is 0 Å². The lowest BCUT2D eigenvalue weighted by atomic mass is 10.1. The minimum Gasteiger partial charge on any atom is -0.323 e. The van der Waals surface area contributed by atoms with Crippen molar-refractivity contribution >= 4 is 28.3 Å². The van der Waals surface area contributed by atoms with Crippen LogP contribution in [0.4, 0.5) is 5.13 Å². The molecule has 3 heterocycles. The van der Waals surface area contributed by atoms with Crippen molar-refractivity contribution in [1.29, 1.82) is 0 Å². The number of carbonyl (C=O) groups is 2. The quantitative estimate of drug-likeness (QED) is 0.771. The van der Waals surface area contributed by atoms with Crippen molar-refractivity contribution in [1.82, 2.24) is 14.9 Å². The van der Waals surface area contributed by atoms with Crippen LogP contribution in [0, 0.1) is 0 Å². The maximum atomic E-state index is 12.6. The molecule has 0 saturated heterocycles. The Balaban J connectivity index is 1.46. The number of hydrogen-bond donors (Lipinski definition) is 1. The second-order valence-corrected chi connectivity index (χ2v) is 6.89. The number of nitrogens with zero attached hydrogens (tertiary/aromatic N) is 3. The van der Waals surface area contributed by atoms with Gasteiger partial charge in [-0.05, 0) is 30.7 Å². The van der Waals surface area contributed by atoms with Crippen LogP contribution in [0.25, 0.3) is 11.3 Å². The monoisotopic (exact) mass is 364 g/mol. The standard InChI is InChI=1S/C19H16N4O2S/c1-12(23-10-14-4-2-3-5-15(14)18(23)25)17(24)22-19-21-16(11-26-19)13-6-8-20-9-7-13/h2-9,11-12H,10H2,1H3,(H,21,22,24)/t12-/m1/s1. The summed E-state index contributed by atoms with van der Waals surface area (Å²) in [5, 5.41) is 5.21. The highest BCUT2D eigenvalue weighted by atomic mass is 32.1. The number of amides is 2. The lowest BCUT2D eigenvalue weighted by Gasteiger charge is -2.22. The SMILES string of the molecule is C[C@H](C(=O)Nc1nc(-c2ccncc2)cs1)N1Cc2ccccc2C1=O. The summed E-state index contributed by atoms with van der Waals surface area (Å²) in [4.78, 5) is 35.1. The third-order valence-corrected chi connectivity index (χ3v) is 5.16. The molecule has 2 aromatic heterocycles. The summed E-state index contributed by atoms with van der Waals surface area (Å²) >= 11 is 1.35. The Morgan fingerprint density at radius 3 is 2.77 bits per heavy atom. The number of benzene rings is 1. The van der Waals surface area contributed by atoms with Gasteiger partial charge in [0, 0.05) is 35.4 Å². The first-order chi connectivity index (χ1) is 12.6. The predicted molar refractivity (Wildman–Crippen MR) is 99.8 cm³/mol. The van der Waals surface area contributed by atoms with Gasteiger partial charge in [0.25, 0.3) is 5.91 Å². The fourth-order valence-corrected chi connectivity index (χ4v) is 3.65. The lowest BCUT2D eigenvalue weighted by Crippen LogP contribution is -2.42. The summed E-state index contributed by atoms with van der Waals surface area (Å²) in [6.45, 7) is 2.18. The number of rotatable bonds is 4. The third-order valence-electron chi connectivity index (χ3n) is 4.41. The van der Waals surface area contributed by atoms with E-state index in [0.717, 1.165) is 16.8 Å². The first kappa shape index (κ1) is 16.4. The normalized spacial score (nSPS) is 14.2. The van der Waals surface area contributed by atoms with E-state index in [0.29, 0.717) is 17.2 Å². The van der Waals surface area contributed by atoms with E-state index in [1.807, 2.05) is 35.7 Å². The molecule has 0 aliphatic carbocycles. The van der Waals surface area contributed by atoms with Gasteiger partial charge < -0.3 is 10.2 Å². The molecule has 0 unspecified atom stereocenters. The van der Waals surface area contributed by atoms with Crippen molar-refractivity contribution in [2.45, 2.75) is 19.5 Å². The molecular weight excluding hydrogens is 348 g/mol. The number of anilines is 1. The molecule has 0 bridgehead atoms. The summed E-state index contributed by atoms with van der Waals surface area (Å²) in [6, 6.07) is 10.6. The van der Waals surface area contributed by atoms with E-state index in [2.05, 4.69) is 15.3 Å². The Hall–Kier alpha value is -3.06. The second kappa shape index (κ2) is 6.68. The van der Waals surface area contributed by atoms with Crippen LogP contribution in [0.1, 0.15) is 22.8 Å². The van der Waals surface area contributed by atoms with Crippen LogP contribution in [-0.2, 0) is 11.3 Å². The molecule has 4 rings (SSSR count). The van der Waals surface area contributed by atoms with Gasteiger partial charge in [-0.15, -0.1) is 11.3 Å². The first-order valence-electron chi connectivity index (χ1n) is 8.19. The molecule has 7 heteroatoms. The molecule has 0 saturated carbocycles. The van der Waals surface area contributed by atoms with Crippen molar-refractivity contribution in [2.24, 2.45) is 0 Å². The van der Waals surface area contributed by atoms with E-state index in [4.69, 9.17) is 0 Å². The Morgan fingerprint density at radius 1 is 1.23 bits per heavy atom. The van der Waals surface area contributed by atoms with E-state index >= 15 is 0 Å². The molecule has 1 aliphatic heterocycles. The van der Waals surface area contributed by atoms with Crippen LogP contribution in [0.2, 0.25) is 0 Å². The van der Waals surface area contributed by atoms with Crippen LogP contribution < -0.4 is 5.32 Å². The Bertz CT molecular complexity index is 970. The second-order valence-electron chi connectivity index (χ2n) is 6.03. The maximum Gasteiger partial charge on any atom is 0.255 e. The summed E-state index contributed by atoms with van der Waals surface area (Å²) < 4.78 is 0. The topological polar surface area (TPSA) is 75.2 Å². The number of hydrogen-bond acceptors (Lipinski definition) is 5. The average Bonchev–Trinajstić information content (AvgIpc) is 3.27. The van der Waals surface area contributed by atoms with E-state index in [1.165, 1.54) is 11.3 Å². The molecular formula is C19H16N4O2S. The van der Waals surface area contributed by atoms with Gasteiger partial charge in [-0.2, -0.15) is 0 Å². The smallest absolute Gasteiger partial charge is 0.255 e. The molecule has 6 nitrogen and oxygen atoms in total. The maximum absolute atomic E-state index is 12.6. The Labute approximate surface area is 154 Å². The number of carbonyl (C=O) groups excluding carboxylic acids is 2. The van der Waals surface area contributed by atoms with Gasteiger partial charge in [0.2, 0.25) is 5.91 Å². The number of fused-ring (bicyclic) bond motifs is 1. The van der Waals surface area contributed by atoms with E-state index < -0.39 is 6.04 Å². The van der Waals surface area contributed by atoms with E-state index in [1.54, 1.807) is 30.3 Å². The number of aromatic nitrogens is 2. The molecule has 3 aromatic rings. The van der Waals surface area contributed by atoms with E-state index in [-0.39, 0.29) is 11.8 Å². The van der Waals surface area contributed by atoms with Crippen molar-refractivity contribution < 1.29 is 9.59 Å². The molecule has 1 atom stereocenters. The average molecular weight is 364 g/mol. The van der Waals surface area contributed by atoms with Crippen molar-refractivity contribution in [3.05, 3.63) is 65.3 Å². The summed E-state index contributed by atoms with van der Waals surface area (Å²) in [5.74, 6) is -0.360. The molecule has 0 fully saturated rings. The lowest BCUT2D eigenvalue weighted by molar-refractivity contribution is -0.120. The highest BCUT2D eigenvalue weighted by molar-refractivity contribution is 7.14. The first-order valence-corrected chi connectivity index (χ1v) is 9.07. The minimum atomic E-state index is -0.580. The molecule has 26 heavy (non-hydrogen) atoms. The summed E-state index contributed by atoms with van der Waals surface area (Å²) in [7, 11) is 0. The summed E-state index contributed by atoms with van der Waals surface area (Å²) in [5.41, 5.74) is 3.34. The zero-order valence-electron chi connectivity index (χ0n) is 14.0. The molecule has 1 N–H and O–H groups in total. The van der Waals surface area contributed by atoms with E-state index in [9.17, 15) is 9.59 Å². The van der Waals surface area contributed by atoms with Crippen molar-refractivity contribution in [3.63, 3.8) is 0 Å². The van der Waals surface area contributed by atoms with Gasteiger partial charge in [0.05, 0.1) is 5.69 Å². The zero-order valence-corrected chi connectivity index (χ0v) is 14.9. The highest BCUT2D eigenvalue weighted by Gasteiger charge is 2.33. The van der Waals surface area contributed by atoms with Crippen LogP contribution in [0.3, 0.4) is 0 Å². The van der Waals surface area contributed by atoms with Crippen LogP contribution >= 0.6 is 11.3 Å². The van der Waals surface area contributed by atoms with Gasteiger partial charge in [-0.3, -0.25) is 14.6 Å². The largest absolute Gasteiger partial charge is 0.323 e. The van der Waals surface area contributed by atoms with Gasteiger partial charge in [0.1, 0.15) is 6.04 Å². The Morgan fingerprint density at radius 2 is 2.00 bits per heavy atom. The molecule has 0 radical (unpaired) electrons. The van der Waals surface area contributed by atoms with Gasteiger partial charge in [-0.25, -0.2) is 4.98 Å². The van der Waals surface area contributed by atoms with Crippen molar-refractivity contribution in [3.8, 4) is 11.3 Å². The fourth-order valence-electron chi connectivity index (χ4n) is 2.93. The molecule has 1 aliphatic rings. The van der Waals surface area contributed by atoms with Crippen LogP contribution in [0.5, 0.6) is 0 Å². The third kappa shape index (κ3) is 2.97. The van der Waals surface area contributed by atoms with Crippen LogP contribution in [-0.4, -0.2) is 32.7 Å². The van der Waals surface area contributed by atoms with Crippen molar-refractivity contribution in [2.75, 3.05) is 5.32 Å². The van der Waals surface area contributed by atoms with Gasteiger partial charge in [-0.1, -0.05) is 18.2 Å². The molecule has 2 amide bonds. The Kier molecular flexibility index (Phi) is 4.22. The van der Waals surface area contributed by atoms with Gasteiger partial charge in [0.15, 0.2) is 5.13 Å². The predicted octanol–water partition coefficient (Wildman–Crippen LogP) is 3.19. The molecule has 130 valence electrons. The number of thiazole rings is 1. The molecule has 1 aromatic carbocycles. The highest BCUT2D eigenvalue weighted by Crippen LogP contribution is 2.27. The molecule has 0 spiro atoms. The minimum absolute atomic E-state index is 0.111. The fraction of sp³-hybridized carbons (Fsp3) is 0.158. The number of nitrogens with one attached hydrogen (secondary N) is 1. The number of pyridine rings is 1.